The molecule has 0 bridgehead atoms. The van der Waals surface area contributed by atoms with E-state index in [-0.39, 0.29) is 17.9 Å². The van der Waals surface area contributed by atoms with Gasteiger partial charge in [-0.3, -0.25) is 4.79 Å². The van der Waals surface area contributed by atoms with E-state index in [4.69, 9.17) is 14.0 Å². The summed E-state index contributed by atoms with van der Waals surface area (Å²) < 4.78 is 16.5. The fourth-order valence-corrected chi connectivity index (χ4v) is 3.57. The fourth-order valence-electron chi connectivity index (χ4n) is 3.57. The predicted molar refractivity (Wildman–Crippen MR) is 90.8 cm³/mol. The number of ether oxygens (including phenoxy) is 2. The number of rotatable bonds is 4. The number of amides is 1. The zero-order valence-electron chi connectivity index (χ0n) is 14.7. The molecule has 2 aliphatic rings. The molecule has 1 aromatic heterocycles. The number of aryl methyl sites for hydroxylation is 1. The molecule has 1 unspecified atom stereocenters. The second-order valence-electron chi connectivity index (χ2n) is 6.74. The van der Waals surface area contributed by atoms with E-state index < -0.39 is 0 Å². The summed E-state index contributed by atoms with van der Waals surface area (Å²) in [5.74, 6) is 2.42. The Labute approximate surface area is 146 Å². The zero-order valence-corrected chi connectivity index (χ0v) is 14.7. The lowest BCUT2D eigenvalue weighted by molar-refractivity contribution is -0.135. The number of hydrogen-bond donors (Lipinski definition) is 0. The third kappa shape index (κ3) is 2.75. The van der Waals surface area contributed by atoms with Crippen LogP contribution in [0.25, 0.3) is 0 Å². The molecule has 0 spiro atoms. The standard InChI is InChI=1S/C19H22N2O4/c1-11-8-17(25-20-11)18-14-10-16(24-3)15(23-2)9-13(14)6-7-21(18)19(22)12-4-5-12/h8-10,12,18H,4-7H2,1-3H3. The van der Waals surface area contributed by atoms with Gasteiger partial charge in [0, 0.05) is 18.5 Å². The Morgan fingerprint density at radius 1 is 1.20 bits per heavy atom. The number of aromatic nitrogens is 1. The van der Waals surface area contributed by atoms with Crippen LogP contribution in [0.4, 0.5) is 0 Å². The van der Waals surface area contributed by atoms with Gasteiger partial charge in [0.2, 0.25) is 5.91 Å². The maximum absolute atomic E-state index is 12.8. The van der Waals surface area contributed by atoms with Gasteiger partial charge in [-0.1, -0.05) is 5.16 Å². The lowest BCUT2D eigenvalue weighted by Crippen LogP contribution is -2.41. The molecule has 6 heteroatoms. The zero-order chi connectivity index (χ0) is 17.6. The number of carbonyl (C=O) groups excluding carboxylic acids is 1. The summed E-state index contributed by atoms with van der Waals surface area (Å²) >= 11 is 0. The normalized spacial score (nSPS) is 19.5. The van der Waals surface area contributed by atoms with Crippen LogP contribution in [0.15, 0.2) is 22.7 Å². The van der Waals surface area contributed by atoms with Crippen LogP contribution in [-0.2, 0) is 11.2 Å². The maximum Gasteiger partial charge on any atom is 0.226 e. The van der Waals surface area contributed by atoms with Gasteiger partial charge in [-0.25, -0.2) is 0 Å². The number of fused-ring (bicyclic) bond motifs is 1. The minimum Gasteiger partial charge on any atom is -0.493 e. The van der Waals surface area contributed by atoms with Crippen LogP contribution in [0, 0.1) is 12.8 Å². The van der Waals surface area contributed by atoms with Crippen molar-refractivity contribution in [2.24, 2.45) is 5.92 Å². The molecule has 0 saturated heterocycles. The Kier molecular flexibility index (Phi) is 3.90. The van der Waals surface area contributed by atoms with Gasteiger partial charge in [0.05, 0.1) is 19.9 Å². The summed E-state index contributed by atoms with van der Waals surface area (Å²) in [6.07, 6.45) is 2.75. The monoisotopic (exact) mass is 342 g/mol. The highest BCUT2D eigenvalue weighted by atomic mass is 16.5. The molecule has 1 aliphatic heterocycles. The molecule has 1 saturated carbocycles. The molecule has 6 nitrogen and oxygen atoms in total. The van der Waals surface area contributed by atoms with Crippen molar-refractivity contribution in [2.75, 3.05) is 20.8 Å². The summed E-state index contributed by atoms with van der Waals surface area (Å²) in [6, 6.07) is 5.61. The molecular formula is C19H22N2O4. The van der Waals surface area contributed by atoms with E-state index in [0.29, 0.717) is 23.8 Å². The van der Waals surface area contributed by atoms with Crippen molar-refractivity contribution < 1.29 is 18.8 Å². The highest BCUT2D eigenvalue weighted by molar-refractivity contribution is 5.82. The Hall–Kier alpha value is -2.50. The molecule has 2 heterocycles. The van der Waals surface area contributed by atoms with E-state index in [2.05, 4.69) is 5.16 Å². The third-order valence-electron chi connectivity index (χ3n) is 5.00. The van der Waals surface area contributed by atoms with Crippen LogP contribution < -0.4 is 9.47 Å². The molecule has 132 valence electrons. The third-order valence-corrected chi connectivity index (χ3v) is 5.00. The first kappa shape index (κ1) is 16.0. The van der Waals surface area contributed by atoms with Crippen LogP contribution in [0.3, 0.4) is 0 Å². The Morgan fingerprint density at radius 2 is 1.92 bits per heavy atom. The van der Waals surface area contributed by atoms with E-state index in [9.17, 15) is 4.79 Å². The number of nitrogens with zero attached hydrogens (tertiary/aromatic N) is 2. The first-order valence-electron chi connectivity index (χ1n) is 8.61. The van der Waals surface area contributed by atoms with Crippen LogP contribution >= 0.6 is 0 Å². The Morgan fingerprint density at radius 3 is 2.52 bits per heavy atom. The first-order valence-corrected chi connectivity index (χ1v) is 8.61. The van der Waals surface area contributed by atoms with Gasteiger partial charge in [0.15, 0.2) is 17.3 Å². The van der Waals surface area contributed by atoms with Crippen molar-refractivity contribution in [3.8, 4) is 11.5 Å². The van der Waals surface area contributed by atoms with Crippen LogP contribution in [-0.4, -0.2) is 36.7 Å². The van der Waals surface area contributed by atoms with Gasteiger partial charge in [-0.05, 0) is 49.4 Å². The molecule has 1 amide bonds. The lowest BCUT2D eigenvalue weighted by atomic mass is 9.90. The van der Waals surface area contributed by atoms with Crippen LogP contribution in [0.2, 0.25) is 0 Å². The molecule has 1 atom stereocenters. The number of carbonyl (C=O) groups is 1. The molecule has 1 aliphatic carbocycles. The van der Waals surface area contributed by atoms with Crippen molar-refractivity contribution in [3.63, 3.8) is 0 Å². The van der Waals surface area contributed by atoms with E-state index in [1.165, 1.54) is 0 Å². The molecule has 0 N–H and O–H groups in total. The van der Waals surface area contributed by atoms with E-state index >= 15 is 0 Å². The highest BCUT2D eigenvalue weighted by Gasteiger charge is 2.41. The minimum atomic E-state index is -0.266. The summed E-state index contributed by atoms with van der Waals surface area (Å²) in [6.45, 7) is 2.56. The van der Waals surface area contributed by atoms with E-state index in [0.717, 1.165) is 36.1 Å². The topological polar surface area (TPSA) is 64.8 Å². The van der Waals surface area contributed by atoms with Crippen molar-refractivity contribution in [1.29, 1.82) is 0 Å². The molecule has 2 aromatic rings. The Balaban J connectivity index is 1.83. The van der Waals surface area contributed by atoms with Crippen molar-refractivity contribution in [2.45, 2.75) is 32.2 Å². The lowest BCUT2D eigenvalue weighted by Gasteiger charge is -2.36. The highest BCUT2D eigenvalue weighted by Crippen LogP contribution is 2.43. The fraction of sp³-hybridized carbons (Fsp3) is 0.474. The van der Waals surface area contributed by atoms with Gasteiger partial charge in [0.1, 0.15) is 6.04 Å². The van der Waals surface area contributed by atoms with Gasteiger partial charge >= 0.3 is 0 Å². The molecule has 0 radical (unpaired) electrons. The second kappa shape index (κ2) is 6.10. The molecule has 25 heavy (non-hydrogen) atoms. The average Bonchev–Trinajstić information content (AvgIpc) is 3.40. The van der Waals surface area contributed by atoms with Crippen molar-refractivity contribution in [3.05, 3.63) is 40.8 Å². The van der Waals surface area contributed by atoms with Crippen LogP contribution in [0.5, 0.6) is 11.5 Å². The number of benzene rings is 1. The number of methoxy groups -OCH3 is 2. The van der Waals surface area contributed by atoms with Crippen molar-refractivity contribution >= 4 is 5.91 Å². The molecular weight excluding hydrogens is 320 g/mol. The SMILES string of the molecule is COc1cc2c(cc1OC)C(c1cc(C)no1)N(C(=O)C1CC1)CC2. The van der Waals surface area contributed by atoms with E-state index in [1.807, 2.05) is 30.0 Å². The minimum absolute atomic E-state index is 0.160. The van der Waals surface area contributed by atoms with E-state index in [1.54, 1.807) is 14.2 Å². The summed E-state index contributed by atoms with van der Waals surface area (Å²) in [5, 5.41) is 4.03. The predicted octanol–water partition coefficient (Wildman–Crippen LogP) is 2.88. The van der Waals surface area contributed by atoms with Gasteiger partial charge < -0.3 is 18.9 Å². The summed E-state index contributed by atoms with van der Waals surface area (Å²) in [4.78, 5) is 14.8. The Bertz CT molecular complexity index is 810. The smallest absolute Gasteiger partial charge is 0.226 e. The molecule has 1 fully saturated rings. The molecule has 4 rings (SSSR count). The van der Waals surface area contributed by atoms with Crippen molar-refractivity contribution in [1.82, 2.24) is 10.1 Å². The second-order valence-corrected chi connectivity index (χ2v) is 6.74. The molecule has 1 aromatic carbocycles. The van der Waals surface area contributed by atoms with Gasteiger partial charge in [-0.2, -0.15) is 0 Å². The summed E-state index contributed by atoms with van der Waals surface area (Å²) in [7, 11) is 3.25. The number of hydrogen-bond acceptors (Lipinski definition) is 5. The quantitative estimate of drug-likeness (QED) is 0.855. The first-order chi connectivity index (χ1) is 12.1. The largest absolute Gasteiger partial charge is 0.493 e. The van der Waals surface area contributed by atoms with Gasteiger partial charge in [0.25, 0.3) is 0 Å². The van der Waals surface area contributed by atoms with Gasteiger partial charge in [-0.15, -0.1) is 0 Å². The average molecular weight is 342 g/mol. The maximum atomic E-state index is 12.8. The van der Waals surface area contributed by atoms with Crippen LogP contribution in [0.1, 0.15) is 41.5 Å². The summed E-state index contributed by atoms with van der Waals surface area (Å²) in [5.41, 5.74) is 2.98.